The Morgan fingerprint density at radius 3 is 2.75 bits per heavy atom. The molecule has 1 aliphatic carbocycles. The van der Waals surface area contributed by atoms with Crippen LogP contribution in [-0.2, 0) is 11.2 Å². The molecule has 1 saturated carbocycles. The van der Waals surface area contributed by atoms with Crippen LogP contribution in [0.1, 0.15) is 59.8 Å². The minimum absolute atomic E-state index is 0.0254. The first-order valence-electron chi connectivity index (χ1n) is 11.9. The van der Waals surface area contributed by atoms with Gasteiger partial charge in [-0.2, -0.15) is 0 Å². The molecule has 5 rings (SSSR count). The monoisotopic (exact) mass is 496 g/mol. The molecule has 4 N–H and O–H groups in total. The number of pyridine rings is 1. The highest BCUT2D eigenvalue weighted by Gasteiger charge is 2.51. The number of fused-ring (bicyclic) bond motifs is 1. The number of halogens is 2. The lowest BCUT2D eigenvalue weighted by atomic mass is 9.74. The van der Waals surface area contributed by atoms with E-state index in [1.807, 2.05) is 0 Å². The topological polar surface area (TPSA) is 131 Å². The molecule has 0 amide bonds. The number of hydrogen-bond donors (Lipinski definition) is 3. The number of aromatic nitrogens is 3. The summed E-state index contributed by atoms with van der Waals surface area (Å²) in [6.07, 6.45) is 5.08. The Morgan fingerprint density at radius 1 is 1.19 bits per heavy atom. The molecule has 1 saturated heterocycles. The van der Waals surface area contributed by atoms with Crippen molar-refractivity contribution >= 4 is 11.5 Å². The predicted molar refractivity (Wildman–Crippen MR) is 126 cm³/mol. The molecule has 2 aliphatic rings. The number of nitrogens with two attached hydrogens (primary N) is 1. The zero-order valence-corrected chi connectivity index (χ0v) is 19.4. The first-order chi connectivity index (χ1) is 17.3. The zero-order valence-electron chi connectivity index (χ0n) is 19.4. The lowest BCUT2D eigenvalue weighted by molar-refractivity contribution is -0.242. The molecule has 1 aliphatic heterocycles. The van der Waals surface area contributed by atoms with Gasteiger partial charge in [-0.1, -0.05) is 18.9 Å². The molecule has 0 radical (unpaired) electrons. The molecular formula is C26H26F2N4O4. The van der Waals surface area contributed by atoms with Gasteiger partial charge in [-0.15, -0.1) is 0 Å². The van der Waals surface area contributed by atoms with Crippen molar-refractivity contribution in [3.05, 3.63) is 71.3 Å². The normalized spacial score (nSPS) is 25.8. The van der Waals surface area contributed by atoms with Gasteiger partial charge in [0, 0.05) is 25.2 Å². The molecule has 10 heteroatoms. The van der Waals surface area contributed by atoms with Crippen molar-refractivity contribution in [3.63, 3.8) is 0 Å². The van der Waals surface area contributed by atoms with Crippen LogP contribution in [-0.4, -0.2) is 48.8 Å². The van der Waals surface area contributed by atoms with Crippen molar-refractivity contribution in [3.8, 4) is 11.4 Å². The summed E-state index contributed by atoms with van der Waals surface area (Å²) >= 11 is 0. The van der Waals surface area contributed by atoms with Gasteiger partial charge in [0.1, 0.15) is 22.9 Å². The Bertz CT molecular complexity index is 1290. The Kier molecular flexibility index (Phi) is 6.50. The second kappa shape index (κ2) is 9.61. The van der Waals surface area contributed by atoms with E-state index in [0.717, 1.165) is 31.2 Å². The van der Waals surface area contributed by atoms with Crippen LogP contribution < -0.4 is 5.73 Å². The van der Waals surface area contributed by atoms with Gasteiger partial charge in [0.15, 0.2) is 11.6 Å². The van der Waals surface area contributed by atoms with E-state index in [1.54, 1.807) is 12.3 Å². The number of carbonyl (C=O) groups excluding carboxylic acids is 1. The van der Waals surface area contributed by atoms with Crippen molar-refractivity contribution in [2.24, 2.45) is 0 Å². The van der Waals surface area contributed by atoms with Crippen LogP contribution in [0.15, 0.2) is 42.9 Å². The summed E-state index contributed by atoms with van der Waals surface area (Å²) < 4.78 is 34.7. The van der Waals surface area contributed by atoms with Crippen molar-refractivity contribution in [1.82, 2.24) is 15.0 Å². The van der Waals surface area contributed by atoms with Crippen LogP contribution in [0, 0.1) is 11.6 Å². The molecule has 1 aromatic carbocycles. The average Bonchev–Trinajstić information content (AvgIpc) is 2.85. The maximum atomic E-state index is 14.3. The van der Waals surface area contributed by atoms with Gasteiger partial charge in [0.05, 0.1) is 35.8 Å². The van der Waals surface area contributed by atoms with Crippen molar-refractivity contribution in [2.45, 2.75) is 62.4 Å². The summed E-state index contributed by atoms with van der Waals surface area (Å²) in [6, 6.07) is 5.09. The zero-order chi connectivity index (χ0) is 25.4. The number of anilines is 1. The fraction of sp³-hybridized carbons (Fsp3) is 0.385. The number of aliphatic hydroxyl groups is 2. The van der Waals surface area contributed by atoms with Crippen LogP contribution in [0.3, 0.4) is 0 Å². The second-order valence-corrected chi connectivity index (χ2v) is 9.37. The van der Waals surface area contributed by atoms with E-state index in [-0.39, 0.29) is 30.0 Å². The third-order valence-electron chi connectivity index (χ3n) is 7.10. The van der Waals surface area contributed by atoms with Crippen LogP contribution in [0.25, 0.3) is 11.4 Å². The number of nitrogen functional groups attached to an aromatic ring is 1. The van der Waals surface area contributed by atoms with Gasteiger partial charge in [-0.3, -0.25) is 9.78 Å². The Labute approximate surface area is 206 Å². The molecule has 0 spiro atoms. The van der Waals surface area contributed by atoms with E-state index in [1.165, 1.54) is 12.3 Å². The second-order valence-electron chi connectivity index (χ2n) is 9.37. The summed E-state index contributed by atoms with van der Waals surface area (Å²) in [5.74, 6) is -2.50. The summed E-state index contributed by atoms with van der Waals surface area (Å²) in [5, 5.41) is 21.7. The van der Waals surface area contributed by atoms with Gasteiger partial charge in [0.25, 0.3) is 0 Å². The quantitative estimate of drug-likeness (QED) is 0.459. The van der Waals surface area contributed by atoms with Crippen LogP contribution in [0.5, 0.6) is 0 Å². The van der Waals surface area contributed by atoms with E-state index in [0.29, 0.717) is 24.0 Å². The van der Waals surface area contributed by atoms with Crippen molar-refractivity contribution in [2.75, 3.05) is 5.73 Å². The van der Waals surface area contributed by atoms with E-state index in [4.69, 9.17) is 10.5 Å². The average molecular weight is 497 g/mol. The maximum Gasteiger partial charge on any atom is 0.187 e. The standard InChI is InChI=1S/C26H26F2N4O4/c27-16-4-3-5-17(28)23(16)25-31-13-18(29)24(32-25)19(33)10-14-12-30-9-7-15(14)20-11-21(34)26(35)8-2-1-6-22(26)36-20/h3-5,7,9,12-13,20-22,34-35H,1-2,6,8,10-11,29H2/t20-,21-,22-,26+/m0/s1. The largest absolute Gasteiger partial charge is 0.396 e. The molecule has 2 aromatic heterocycles. The molecule has 2 fully saturated rings. The van der Waals surface area contributed by atoms with Crippen LogP contribution in [0.4, 0.5) is 14.5 Å². The molecule has 0 unspecified atom stereocenters. The molecule has 3 aromatic rings. The first-order valence-corrected chi connectivity index (χ1v) is 11.9. The lowest BCUT2D eigenvalue weighted by Gasteiger charge is -2.49. The van der Waals surface area contributed by atoms with E-state index in [2.05, 4.69) is 15.0 Å². The fourth-order valence-corrected chi connectivity index (χ4v) is 5.18. The van der Waals surface area contributed by atoms with E-state index < -0.39 is 46.9 Å². The van der Waals surface area contributed by atoms with Crippen molar-refractivity contribution < 1.29 is 28.5 Å². The lowest BCUT2D eigenvalue weighted by Crippen LogP contribution is -2.58. The molecule has 188 valence electrons. The number of benzene rings is 1. The highest BCUT2D eigenvalue weighted by atomic mass is 19.1. The number of Topliss-reactive ketones (excluding diaryl/α,β-unsaturated/α-hetero) is 1. The van der Waals surface area contributed by atoms with Crippen LogP contribution in [0.2, 0.25) is 0 Å². The Morgan fingerprint density at radius 2 is 1.97 bits per heavy atom. The molecule has 3 heterocycles. The first kappa shape index (κ1) is 24.4. The van der Waals surface area contributed by atoms with Gasteiger partial charge < -0.3 is 20.7 Å². The summed E-state index contributed by atoms with van der Waals surface area (Å²) in [6.45, 7) is 0. The molecule has 36 heavy (non-hydrogen) atoms. The smallest absolute Gasteiger partial charge is 0.187 e. The summed E-state index contributed by atoms with van der Waals surface area (Å²) in [7, 11) is 0. The SMILES string of the molecule is Nc1cnc(-c2c(F)cccc2F)nc1C(=O)Cc1cnccc1[C@@H]1C[C@H](O)[C@]2(O)CCCC[C@@H]2O1. The minimum atomic E-state index is -1.27. The van der Waals surface area contributed by atoms with E-state index in [9.17, 15) is 23.8 Å². The number of hydrogen-bond acceptors (Lipinski definition) is 8. The number of nitrogens with zero attached hydrogens (tertiary/aromatic N) is 3. The minimum Gasteiger partial charge on any atom is -0.396 e. The Hall–Kier alpha value is -3.34. The number of ketones is 1. The van der Waals surface area contributed by atoms with Gasteiger partial charge in [-0.05, 0) is 42.2 Å². The summed E-state index contributed by atoms with van der Waals surface area (Å²) in [4.78, 5) is 25.4. The number of ether oxygens (including phenoxy) is 1. The molecule has 4 atom stereocenters. The van der Waals surface area contributed by atoms with Crippen LogP contribution >= 0.6 is 0 Å². The van der Waals surface area contributed by atoms with Crippen molar-refractivity contribution in [1.29, 1.82) is 0 Å². The highest BCUT2D eigenvalue weighted by Crippen LogP contribution is 2.44. The van der Waals surface area contributed by atoms with Gasteiger partial charge in [-0.25, -0.2) is 18.7 Å². The molecular weight excluding hydrogens is 470 g/mol. The third-order valence-corrected chi connectivity index (χ3v) is 7.10. The highest BCUT2D eigenvalue weighted by molar-refractivity contribution is 6.00. The fourth-order valence-electron chi connectivity index (χ4n) is 5.18. The molecule has 0 bridgehead atoms. The molecule has 8 nitrogen and oxygen atoms in total. The van der Waals surface area contributed by atoms with E-state index >= 15 is 0 Å². The summed E-state index contributed by atoms with van der Waals surface area (Å²) in [5.41, 5.74) is 5.25. The third kappa shape index (κ3) is 4.36. The Balaban J connectivity index is 1.42. The number of rotatable bonds is 5. The number of carbonyl (C=O) groups is 1. The number of aliphatic hydroxyl groups excluding tert-OH is 1. The van der Waals surface area contributed by atoms with Gasteiger partial charge >= 0.3 is 0 Å². The maximum absolute atomic E-state index is 14.3. The predicted octanol–water partition coefficient (Wildman–Crippen LogP) is 3.32. The van der Waals surface area contributed by atoms with Gasteiger partial charge in [0.2, 0.25) is 0 Å².